The van der Waals surface area contributed by atoms with Crippen LogP contribution in [0.1, 0.15) is 36.7 Å². The average Bonchev–Trinajstić information content (AvgIpc) is 2.41. The van der Waals surface area contributed by atoms with Gasteiger partial charge in [-0.3, -0.25) is 4.79 Å². The van der Waals surface area contributed by atoms with Gasteiger partial charge in [-0.25, -0.2) is 0 Å². The van der Waals surface area contributed by atoms with Crippen molar-refractivity contribution in [2.75, 3.05) is 11.1 Å². The molecule has 0 aromatic heterocycles. The summed E-state index contributed by atoms with van der Waals surface area (Å²) in [6.45, 7) is 6.24. The van der Waals surface area contributed by atoms with E-state index in [2.05, 4.69) is 26.1 Å². The van der Waals surface area contributed by atoms with Crippen molar-refractivity contribution in [1.29, 1.82) is 0 Å². The van der Waals surface area contributed by atoms with Crippen LogP contribution in [0.2, 0.25) is 5.02 Å². The number of nitrogens with two attached hydrogens (primary N) is 1. The van der Waals surface area contributed by atoms with Crippen LogP contribution >= 0.6 is 11.6 Å². The Hall–Kier alpha value is -2.00. The summed E-state index contributed by atoms with van der Waals surface area (Å²) >= 11 is 5.86. The van der Waals surface area contributed by atoms with Gasteiger partial charge in [-0.1, -0.05) is 50.6 Å². The lowest BCUT2D eigenvalue weighted by molar-refractivity contribution is 0.102. The smallest absolute Gasteiger partial charge is 0.256 e. The molecule has 3 nitrogen and oxygen atoms in total. The minimum atomic E-state index is -0.172. The lowest BCUT2D eigenvalue weighted by Crippen LogP contribution is -2.21. The third kappa shape index (κ3) is 3.56. The highest BCUT2D eigenvalue weighted by Gasteiger charge is 2.21. The zero-order valence-corrected chi connectivity index (χ0v) is 13.2. The van der Waals surface area contributed by atoms with Crippen molar-refractivity contribution in [3.63, 3.8) is 0 Å². The zero-order valence-electron chi connectivity index (χ0n) is 12.4. The molecule has 0 aliphatic rings. The van der Waals surface area contributed by atoms with Gasteiger partial charge in [0.25, 0.3) is 5.91 Å². The molecule has 2 aromatic rings. The Bertz CT molecular complexity index is 675. The second kappa shape index (κ2) is 5.78. The fraction of sp³-hybridized carbons (Fsp3) is 0.235. The molecular formula is C17H19ClN2O. The Kier molecular flexibility index (Phi) is 4.24. The largest absolute Gasteiger partial charge is 0.397 e. The highest BCUT2D eigenvalue weighted by molar-refractivity contribution is 6.31. The molecule has 21 heavy (non-hydrogen) atoms. The number of rotatable bonds is 2. The monoisotopic (exact) mass is 302 g/mol. The van der Waals surface area contributed by atoms with E-state index in [0.717, 1.165) is 5.56 Å². The molecule has 4 heteroatoms. The first-order chi connectivity index (χ1) is 9.79. The summed E-state index contributed by atoms with van der Waals surface area (Å²) in [7, 11) is 0. The Morgan fingerprint density at radius 3 is 2.43 bits per heavy atom. The molecule has 2 rings (SSSR count). The van der Waals surface area contributed by atoms with Gasteiger partial charge in [0.2, 0.25) is 0 Å². The number of nitrogen functional groups attached to an aromatic ring is 1. The van der Waals surface area contributed by atoms with Crippen molar-refractivity contribution in [1.82, 2.24) is 0 Å². The molecule has 0 unspecified atom stereocenters. The summed E-state index contributed by atoms with van der Waals surface area (Å²) in [5, 5.41) is 3.39. The van der Waals surface area contributed by atoms with Gasteiger partial charge in [-0.15, -0.1) is 0 Å². The number of carbonyl (C=O) groups is 1. The van der Waals surface area contributed by atoms with Gasteiger partial charge in [0, 0.05) is 10.6 Å². The maximum Gasteiger partial charge on any atom is 0.256 e. The Labute approximate surface area is 130 Å². The maximum atomic E-state index is 12.5. The number of nitrogens with one attached hydrogen (secondary N) is 1. The molecule has 3 N–H and O–H groups in total. The van der Waals surface area contributed by atoms with Gasteiger partial charge in [-0.05, 0) is 35.2 Å². The third-order valence-electron chi connectivity index (χ3n) is 3.24. The average molecular weight is 303 g/mol. The summed E-state index contributed by atoms with van der Waals surface area (Å²) in [6, 6.07) is 12.6. The van der Waals surface area contributed by atoms with E-state index in [0.29, 0.717) is 22.0 Å². The van der Waals surface area contributed by atoms with Gasteiger partial charge in [0.15, 0.2) is 0 Å². The lowest BCUT2D eigenvalue weighted by Gasteiger charge is -2.22. The van der Waals surface area contributed by atoms with E-state index < -0.39 is 0 Å². The second-order valence-electron chi connectivity index (χ2n) is 5.98. The summed E-state index contributed by atoms with van der Waals surface area (Å²) in [4.78, 5) is 12.5. The molecule has 0 spiro atoms. The first kappa shape index (κ1) is 15.4. The summed E-state index contributed by atoms with van der Waals surface area (Å²) in [6.07, 6.45) is 0. The van der Waals surface area contributed by atoms with E-state index in [4.69, 9.17) is 17.3 Å². The second-order valence-corrected chi connectivity index (χ2v) is 6.42. The number of halogens is 1. The molecule has 110 valence electrons. The van der Waals surface area contributed by atoms with Crippen LogP contribution in [0.15, 0.2) is 42.5 Å². The van der Waals surface area contributed by atoms with Crippen LogP contribution in [-0.4, -0.2) is 5.91 Å². The van der Waals surface area contributed by atoms with E-state index in [9.17, 15) is 4.79 Å². The maximum absolute atomic E-state index is 12.5. The van der Waals surface area contributed by atoms with Crippen molar-refractivity contribution in [2.45, 2.75) is 26.2 Å². The molecule has 0 bridgehead atoms. The van der Waals surface area contributed by atoms with Crippen LogP contribution in [0, 0.1) is 0 Å². The van der Waals surface area contributed by atoms with E-state index >= 15 is 0 Å². The molecule has 2 aromatic carbocycles. The Morgan fingerprint density at radius 1 is 1.14 bits per heavy atom. The van der Waals surface area contributed by atoms with Crippen molar-refractivity contribution in [3.05, 3.63) is 58.6 Å². The topological polar surface area (TPSA) is 55.1 Å². The molecule has 0 fully saturated rings. The number of hydrogen-bond donors (Lipinski definition) is 2. The molecule has 0 heterocycles. The number of benzene rings is 2. The SMILES string of the molecule is CC(C)(C)c1ccccc1C(=O)Nc1ccc(Cl)cc1N. The van der Waals surface area contributed by atoms with Crippen molar-refractivity contribution < 1.29 is 4.79 Å². The Morgan fingerprint density at radius 2 is 1.81 bits per heavy atom. The summed E-state index contributed by atoms with van der Waals surface area (Å²) in [5.74, 6) is -0.172. The lowest BCUT2D eigenvalue weighted by atomic mass is 9.83. The first-order valence-electron chi connectivity index (χ1n) is 6.75. The van der Waals surface area contributed by atoms with Crippen LogP contribution < -0.4 is 11.1 Å². The number of carbonyl (C=O) groups excluding carboxylic acids is 1. The van der Waals surface area contributed by atoms with Gasteiger partial charge in [0.05, 0.1) is 11.4 Å². The third-order valence-corrected chi connectivity index (χ3v) is 3.48. The number of anilines is 2. The molecule has 1 amide bonds. The summed E-state index contributed by atoms with van der Waals surface area (Å²) < 4.78 is 0. The van der Waals surface area contributed by atoms with E-state index in [1.54, 1.807) is 18.2 Å². The van der Waals surface area contributed by atoms with E-state index in [1.165, 1.54) is 0 Å². The summed E-state index contributed by atoms with van der Waals surface area (Å²) in [5.41, 5.74) is 8.42. The predicted octanol–water partition coefficient (Wildman–Crippen LogP) is 4.47. The standard InChI is InChI=1S/C17H19ClN2O/c1-17(2,3)13-7-5-4-6-12(13)16(21)20-15-9-8-11(18)10-14(15)19/h4-10H,19H2,1-3H3,(H,20,21). The van der Waals surface area contributed by atoms with Crippen LogP contribution in [0.25, 0.3) is 0 Å². The zero-order chi connectivity index (χ0) is 15.6. The highest BCUT2D eigenvalue weighted by Crippen LogP contribution is 2.28. The molecule has 0 aliphatic carbocycles. The van der Waals surface area contributed by atoms with Crippen molar-refractivity contribution >= 4 is 28.9 Å². The van der Waals surface area contributed by atoms with Gasteiger partial charge in [0.1, 0.15) is 0 Å². The molecule has 0 atom stereocenters. The molecule has 0 aliphatic heterocycles. The number of hydrogen-bond acceptors (Lipinski definition) is 2. The minimum Gasteiger partial charge on any atom is -0.397 e. The highest BCUT2D eigenvalue weighted by atomic mass is 35.5. The Balaban J connectivity index is 2.33. The fourth-order valence-electron chi connectivity index (χ4n) is 2.17. The van der Waals surface area contributed by atoms with Gasteiger partial charge < -0.3 is 11.1 Å². The molecule has 0 radical (unpaired) electrons. The predicted molar refractivity (Wildman–Crippen MR) is 89.0 cm³/mol. The quantitative estimate of drug-likeness (QED) is 0.804. The van der Waals surface area contributed by atoms with Crippen LogP contribution in [0.5, 0.6) is 0 Å². The normalized spacial score (nSPS) is 11.2. The van der Waals surface area contributed by atoms with Gasteiger partial charge in [-0.2, -0.15) is 0 Å². The molecule has 0 saturated carbocycles. The van der Waals surface area contributed by atoms with Gasteiger partial charge >= 0.3 is 0 Å². The van der Waals surface area contributed by atoms with Crippen molar-refractivity contribution in [2.24, 2.45) is 0 Å². The minimum absolute atomic E-state index is 0.112. The van der Waals surface area contributed by atoms with Crippen LogP contribution in [0.3, 0.4) is 0 Å². The van der Waals surface area contributed by atoms with Crippen LogP contribution in [-0.2, 0) is 5.41 Å². The van der Waals surface area contributed by atoms with Crippen molar-refractivity contribution in [3.8, 4) is 0 Å². The first-order valence-corrected chi connectivity index (χ1v) is 7.13. The van der Waals surface area contributed by atoms with E-state index in [1.807, 2.05) is 24.3 Å². The molecule has 0 saturated heterocycles. The molecular weight excluding hydrogens is 284 g/mol. The fourth-order valence-corrected chi connectivity index (χ4v) is 2.35. The van der Waals surface area contributed by atoms with E-state index in [-0.39, 0.29) is 11.3 Å². The number of amides is 1. The van der Waals surface area contributed by atoms with Crippen LogP contribution in [0.4, 0.5) is 11.4 Å².